The van der Waals surface area contributed by atoms with Gasteiger partial charge in [-0.05, 0) is 25.2 Å². The van der Waals surface area contributed by atoms with Crippen molar-refractivity contribution in [3.63, 3.8) is 0 Å². The second-order valence-electron chi connectivity index (χ2n) is 6.54. The first kappa shape index (κ1) is 16.2. The van der Waals surface area contributed by atoms with Crippen molar-refractivity contribution < 1.29 is 9.59 Å². The molecule has 0 aromatic carbocycles. The molecule has 2 aromatic heterocycles. The second kappa shape index (κ2) is 6.46. The van der Waals surface area contributed by atoms with Gasteiger partial charge in [0.25, 0.3) is 0 Å². The number of aromatic nitrogens is 4. The van der Waals surface area contributed by atoms with Crippen LogP contribution in [0.25, 0.3) is 0 Å². The van der Waals surface area contributed by atoms with E-state index in [0.717, 1.165) is 11.6 Å². The van der Waals surface area contributed by atoms with E-state index in [1.807, 2.05) is 0 Å². The lowest BCUT2D eigenvalue weighted by Crippen LogP contribution is -2.50. The Morgan fingerprint density at radius 2 is 1.83 bits per heavy atom. The van der Waals surface area contributed by atoms with E-state index >= 15 is 0 Å². The summed E-state index contributed by atoms with van der Waals surface area (Å²) in [5.74, 6) is 0.436. The Bertz CT molecular complexity index is 696. The molecule has 0 aliphatic heterocycles. The van der Waals surface area contributed by atoms with Crippen LogP contribution in [0, 0.1) is 17.3 Å². The first-order valence-corrected chi connectivity index (χ1v) is 8.07. The van der Waals surface area contributed by atoms with Crippen molar-refractivity contribution in [3.8, 4) is 0 Å². The Hall–Kier alpha value is -2.64. The Morgan fingerprint density at radius 1 is 1.17 bits per heavy atom. The summed E-state index contributed by atoms with van der Waals surface area (Å²) in [5.41, 5.74) is 10.6. The Kier molecular flexibility index (Phi) is 4.37. The van der Waals surface area contributed by atoms with Crippen LogP contribution in [0.4, 0.5) is 0 Å². The van der Waals surface area contributed by atoms with Crippen molar-refractivity contribution in [1.29, 1.82) is 0 Å². The number of hydrogen-bond acceptors (Lipinski definition) is 4. The van der Waals surface area contributed by atoms with Gasteiger partial charge >= 0.3 is 0 Å². The number of rotatable bonds is 6. The molecule has 1 saturated carbocycles. The van der Waals surface area contributed by atoms with E-state index in [2.05, 4.69) is 19.9 Å². The Morgan fingerprint density at radius 3 is 2.38 bits per heavy atom. The average molecular weight is 330 g/mol. The maximum atomic E-state index is 12.5. The van der Waals surface area contributed by atoms with Crippen LogP contribution in [0.2, 0.25) is 0 Å². The SMILES string of the molecule is NC(=O)C1CCC(Cc2ncc[nH]2)(C(N)=O)C(Cc2ncc[nH]2)C1. The molecule has 2 amide bonds. The van der Waals surface area contributed by atoms with Crippen LogP contribution in [-0.4, -0.2) is 31.8 Å². The van der Waals surface area contributed by atoms with Crippen molar-refractivity contribution >= 4 is 11.8 Å². The van der Waals surface area contributed by atoms with Crippen molar-refractivity contribution in [1.82, 2.24) is 19.9 Å². The first-order valence-electron chi connectivity index (χ1n) is 8.07. The third-order valence-corrected chi connectivity index (χ3v) is 5.21. The molecule has 8 nitrogen and oxygen atoms in total. The monoisotopic (exact) mass is 330 g/mol. The fourth-order valence-corrected chi connectivity index (χ4v) is 3.84. The molecule has 3 unspecified atom stereocenters. The van der Waals surface area contributed by atoms with Crippen LogP contribution in [0.3, 0.4) is 0 Å². The maximum Gasteiger partial charge on any atom is 0.224 e. The number of nitrogens with two attached hydrogens (primary N) is 2. The smallest absolute Gasteiger partial charge is 0.224 e. The van der Waals surface area contributed by atoms with Crippen LogP contribution in [-0.2, 0) is 22.4 Å². The number of nitrogens with zero attached hydrogens (tertiary/aromatic N) is 2. The van der Waals surface area contributed by atoms with Crippen molar-refractivity contribution in [3.05, 3.63) is 36.4 Å². The number of H-pyrrole nitrogens is 2. The predicted molar refractivity (Wildman–Crippen MR) is 86.2 cm³/mol. The second-order valence-corrected chi connectivity index (χ2v) is 6.54. The Labute approximate surface area is 139 Å². The summed E-state index contributed by atoms with van der Waals surface area (Å²) in [6.07, 6.45) is 9.35. The molecule has 0 radical (unpaired) electrons. The van der Waals surface area contributed by atoms with E-state index in [4.69, 9.17) is 11.5 Å². The van der Waals surface area contributed by atoms with Crippen molar-refractivity contribution in [2.75, 3.05) is 0 Å². The van der Waals surface area contributed by atoms with Crippen LogP contribution in [0.1, 0.15) is 30.9 Å². The highest BCUT2D eigenvalue weighted by Gasteiger charge is 2.49. The molecule has 24 heavy (non-hydrogen) atoms. The van der Waals surface area contributed by atoms with E-state index in [9.17, 15) is 9.59 Å². The highest BCUT2D eigenvalue weighted by molar-refractivity contribution is 5.83. The molecule has 1 fully saturated rings. The minimum absolute atomic E-state index is 0.127. The molecule has 1 aliphatic rings. The van der Waals surface area contributed by atoms with E-state index in [1.54, 1.807) is 24.8 Å². The lowest BCUT2D eigenvalue weighted by Gasteiger charge is -2.43. The van der Waals surface area contributed by atoms with E-state index < -0.39 is 5.41 Å². The number of amides is 2. The van der Waals surface area contributed by atoms with E-state index in [1.165, 1.54) is 0 Å². The minimum atomic E-state index is -0.767. The van der Waals surface area contributed by atoms with Gasteiger partial charge in [-0.25, -0.2) is 9.97 Å². The molecule has 3 atom stereocenters. The number of imidazole rings is 2. The van der Waals surface area contributed by atoms with E-state index in [-0.39, 0.29) is 23.7 Å². The molecular formula is C16H22N6O2. The number of hydrogen-bond donors (Lipinski definition) is 4. The van der Waals surface area contributed by atoms with Crippen molar-refractivity contribution in [2.24, 2.45) is 28.7 Å². The van der Waals surface area contributed by atoms with Gasteiger partial charge < -0.3 is 21.4 Å². The number of primary amides is 2. The van der Waals surface area contributed by atoms with Gasteiger partial charge in [0.2, 0.25) is 11.8 Å². The molecule has 6 N–H and O–H groups in total. The number of aromatic amines is 2. The standard InChI is InChI=1S/C16H22N6O2/c17-14(23)10-1-2-16(15(18)24,9-13-21-5-6-22-13)11(7-10)8-12-19-3-4-20-12/h3-6,10-11H,1-2,7-9H2,(H2,17,23)(H2,18,24)(H,19,20)(H,21,22). The van der Waals surface area contributed by atoms with Gasteiger partial charge in [0, 0.05) is 43.5 Å². The fourth-order valence-electron chi connectivity index (χ4n) is 3.84. The summed E-state index contributed by atoms with van der Waals surface area (Å²) in [7, 11) is 0. The zero-order chi connectivity index (χ0) is 17.2. The molecule has 3 rings (SSSR count). The molecule has 0 saturated heterocycles. The lowest BCUT2D eigenvalue weighted by atomic mass is 9.60. The Balaban J connectivity index is 1.93. The predicted octanol–water partition coefficient (Wildman–Crippen LogP) is 0.291. The zero-order valence-corrected chi connectivity index (χ0v) is 13.4. The summed E-state index contributed by atoms with van der Waals surface area (Å²) in [6.45, 7) is 0. The summed E-state index contributed by atoms with van der Waals surface area (Å²) in [6, 6.07) is 0. The van der Waals surface area contributed by atoms with Gasteiger partial charge in [-0.3, -0.25) is 9.59 Å². The molecule has 0 bridgehead atoms. The lowest BCUT2D eigenvalue weighted by molar-refractivity contribution is -0.137. The summed E-state index contributed by atoms with van der Waals surface area (Å²) < 4.78 is 0. The summed E-state index contributed by atoms with van der Waals surface area (Å²) in [5, 5.41) is 0. The van der Waals surface area contributed by atoms with E-state index in [0.29, 0.717) is 32.1 Å². The molecule has 0 spiro atoms. The third-order valence-electron chi connectivity index (χ3n) is 5.21. The van der Waals surface area contributed by atoms with Crippen LogP contribution in [0.15, 0.2) is 24.8 Å². The van der Waals surface area contributed by atoms with Gasteiger partial charge in [-0.2, -0.15) is 0 Å². The van der Waals surface area contributed by atoms with Crippen LogP contribution >= 0.6 is 0 Å². The van der Waals surface area contributed by atoms with Gasteiger partial charge in [0.15, 0.2) is 0 Å². The highest BCUT2D eigenvalue weighted by Crippen LogP contribution is 2.46. The zero-order valence-electron chi connectivity index (χ0n) is 13.4. The fraction of sp³-hybridized carbons (Fsp3) is 0.500. The first-order chi connectivity index (χ1) is 11.5. The molecule has 1 aliphatic carbocycles. The van der Waals surface area contributed by atoms with Crippen LogP contribution in [0.5, 0.6) is 0 Å². The molecule has 128 valence electrons. The molecule has 2 aromatic rings. The summed E-state index contributed by atoms with van der Waals surface area (Å²) in [4.78, 5) is 38.7. The van der Waals surface area contributed by atoms with Gasteiger partial charge in [-0.1, -0.05) is 0 Å². The highest BCUT2D eigenvalue weighted by atomic mass is 16.1. The van der Waals surface area contributed by atoms with Crippen molar-refractivity contribution in [2.45, 2.75) is 32.1 Å². The minimum Gasteiger partial charge on any atom is -0.369 e. The average Bonchev–Trinajstić information content (AvgIpc) is 3.22. The third kappa shape index (κ3) is 3.04. The number of nitrogens with one attached hydrogen (secondary N) is 2. The maximum absolute atomic E-state index is 12.5. The number of carbonyl (C=O) groups excluding carboxylic acids is 2. The normalized spacial score (nSPS) is 27.0. The molecule has 2 heterocycles. The van der Waals surface area contributed by atoms with Gasteiger partial charge in [-0.15, -0.1) is 0 Å². The summed E-state index contributed by atoms with van der Waals surface area (Å²) >= 11 is 0. The largest absolute Gasteiger partial charge is 0.369 e. The topological polar surface area (TPSA) is 144 Å². The van der Waals surface area contributed by atoms with Crippen LogP contribution < -0.4 is 11.5 Å². The van der Waals surface area contributed by atoms with Gasteiger partial charge in [0.1, 0.15) is 11.6 Å². The molecule has 8 heteroatoms. The van der Waals surface area contributed by atoms with Gasteiger partial charge in [0.05, 0.1) is 5.41 Å². The number of carbonyl (C=O) groups is 2. The quantitative estimate of drug-likeness (QED) is 0.603. The molecular weight excluding hydrogens is 308 g/mol.